The molecule has 0 unspecified atom stereocenters. The third kappa shape index (κ3) is 6.48. The molecule has 2 aromatic carbocycles. The maximum Gasteiger partial charge on any atom is 0.429 e. The van der Waals surface area contributed by atoms with Crippen molar-refractivity contribution in [2.45, 2.75) is 51.4 Å². The highest BCUT2D eigenvalue weighted by Gasteiger charge is 2.46. The van der Waals surface area contributed by atoms with Crippen LogP contribution in [0.1, 0.15) is 42.4 Å². The van der Waals surface area contributed by atoms with Gasteiger partial charge < -0.3 is 20.1 Å². The number of anilines is 1. The third-order valence-electron chi connectivity index (χ3n) is 8.58. The lowest BCUT2D eigenvalue weighted by atomic mass is 9.76. The van der Waals surface area contributed by atoms with Crippen LogP contribution in [-0.4, -0.2) is 62.7 Å². The molecule has 2 aromatic heterocycles. The molecule has 0 bridgehead atoms. The molecule has 6 rings (SSSR count). The van der Waals surface area contributed by atoms with Crippen molar-refractivity contribution in [2.24, 2.45) is 5.41 Å². The maximum absolute atomic E-state index is 14.8. The van der Waals surface area contributed by atoms with Crippen molar-refractivity contribution < 1.29 is 32.2 Å². The van der Waals surface area contributed by atoms with E-state index in [1.165, 1.54) is 47.1 Å². The van der Waals surface area contributed by atoms with E-state index in [0.29, 0.717) is 48.7 Å². The summed E-state index contributed by atoms with van der Waals surface area (Å²) in [5, 5.41) is 16.8. The van der Waals surface area contributed by atoms with E-state index in [-0.39, 0.29) is 28.4 Å². The summed E-state index contributed by atoms with van der Waals surface area (Å²) < 4.78 is 65.3. The van der Waals surface area contributed by atoms with Crippen LogP contribution in [0.4, 0.5) is 23.4 Å². The van der Waals surface area contributed by atoms with Crippen LogP contribution >= 0.6 is 0 Å². The predicted octanol–water partition coefficient (Wildman–Crippen LogP) is 5.80. The average molecular weight is 625 g/mol. The van der Waals surface area contributed by atoms with Gasteiger partial charge in [0.25, 0.3) is 0 Å². The lowest BCUT2D eigenvalue weighted by molar-refractivity contribution is -0.198. The summed E-state index contributed by atoms with van der Waals surface area (Å²) in [7, 11) is 0. The van der Waals surface area contributed by atoms with Crippen molar-refractivity contribution in [1.29, 1.82) is 0 Å². The van der Waals surface area contributed by atoms with Crippen LogP contribution in [0.3, 0.4) is 0 Å². The standard InChI is InChI=1S/C32H32F4N6O3/c1-19-8-11-42(40-19)26-15-22(21-4-3-5-23(33)14-21)6-7-24(26)29(32(34,35)36)45-28-16-27(38-20(2)39-28)41-12-9-31(10-13-41)17-25(30(43)44)37-18-31/h3-8,11,14-16,25,29,37H,9-10,12-13,17-18H2,1-2H3,(H,43,44)/t25-,29+/m0/s1. The molecule has 45 heavy (non-hydrogen) atoms. The van der Waals surface area contributed by atoms with Crippen molar-refractivity contribution in [2.75, 3.05) is 24.5 Å². The van der Waals surface area contributed by atoms with Crippen LogP contribution in [-0.2, 0) is 4.79 Å². The lowest BCUT2D eigenvalue weighted by Crippen LogP contribution is -2.41. The zero-order valence-corrected chi connectivity index (χ0v) is 24.7. The number of nitrogens with one attached hydrogen (secondary N) is 1. The molecule has 2 saturated heterocycles. The number of alkyl halides is 3. The Labute approximate surface area is 256 Å². The summed E-state index contributed by atoms with van der Waals surface area (Å²) in [6.45, 7) is 5.06. The molecule has 2 fully saturated rings. The fourth-order valence-electron chi connectivity index (χ4n) is 6.22. The number of hydrogen-bond acceptors (Lipinski definition) is 7. The van der Waals surface area contributed by atoms with E-state index in [1.807, 2.05) is 4.90 Å². The van der Waals surface area contributed by atoms with E-state index in [2.05, 4.69) is 20.4 Å². The first kappa shape index (κ1) is 30.5. The molecule has 236 valence electrons. The Balaban J connectivity index is 1.30. The van der Waals surface area contributed by atoms with Crippen molar-refractivity contribution >= 4 is 11.8 Å². The molecule has 2 N–H and O–H groups in total. The topological polar surface area (TPSA) is 105 Å². The summed E-state index contributed by atoms with van der Waals surface area (Å²) >= 11 is 0. The number of nitrogens with zero attached hydrogens (tertiary/aromatic N) is 5. The van der Waals surface area contributed by atoms with Crippen molar-refractivity contribution in [3.8, 4) is 22.7 Å². The number of aromatic nitrogens is 4. The molecular weight excluding hydrogens is 592 g/mol. The van der Waals surface area contributed by atoms with Gasteiger partial charge in [0.15, 0.2) is 0 Å². The number of rotatable bonds is 7. The number of ether oxygens (including phenoxy) is 1. The van der Waals surface area contributed by atoms with E-state index < -0.39 is 30.1 Å². The highest BCUT2D eigenvalue weighted by molar-refractivity contribution is 5.74. The summed E-state index contributed by atoms with van der Waals surface area (Å²) in [4.78, 5) is 22.1. The number of carbonyl (C=O) groups is 1. The van der Waals surface area contributed by atoms with Crippen molar-refractivity contribution in [1.82, 2.24) is 25.1 Å². The normalized spacial score (nSPS) is 18.7. The Kier molecular flexibility index (Phi) is 7.98. The van der Waals surface area contributed by atoms with Crippen LogP contribution in [0, 0.1) is 25.1 Å². The second-order valence-electron chi connectivity index (χ2n) is 11.8. The van der Waals surface area contributed by atoms with Crippen LogP contribution in [0.2, 0.25) is 0 Å². The minimum atomic E-state index is -4.83. The van der Waals surface area contributed by atoms with Gasteiger partial charge in [-0.25, -0.2) is 14.1 Å². The van der Waals surface area contributed by atoms with Crippen LogP contribution in [0.25, 0.3) is 16.8 Å². The zero-order chi connectivity index (χ0) is 31.9. The predicted molar refractivity (Wildman–Crippen MR) is 158 cm³/mol. The molecule has 2 atom stereocenters. The molecule has 13 heteroatoms. The SMILES string of the molecule is Cc1ccn(-c2cc(-c3cccc(F)c3)ccc2[C@@H](Oc2cc(N3CCC4(CC3)CN[C@H](C(=O)O)C4)nc(C)n2)C(F)(F)F)n1. The number of carboxylic acid groups (broad SMARTS) is 1. The van der Waals surface area contributed by atoms with Gasteiger partial charge in [-0.1, -0.05) is 24.3 Å². The van der Waals surface area contributed by atoms with Crippen molar-refractivity contribution in [3.05, 3.63) is 83.7 Å². The van der Waals surface area contributed by atoms with Gasteiger partial charge in [0.05, 0.1) is 11.4 Å². The van der Waals surface area contributed by atoms with Crippen LogP contribution < -0.4 is 15.0 Å². The molecule has 2 aliphatic heterocycles. The van der Waals surface area contributed by atoms with Gasteiger partial charge in [-0.3, -0.25) is 4.79 Å². The quantitative estimate of drug-likeness (QED) is 0.249. The first-order valence-electron chi connectivity index (χ1n) is 14.6. The second kappa shape index (κ2) is 11.8. The van der Waals surface area contributed by atoms with E-state index in [1.54, 1.807) is 32.2 Å². The summed E-state index contributed by atoms with van der Waals surface area (Å²) in [5.41, 5.74) is 1.42. The van der Waals surface area contributed by atoms with Gasteiger partial charge in [0.2, 0.25) is 12.0 Å². The molecule has 0 aliphatic carbocycles. The van der Waals surface area contributed by atoms with E-state index in [0.717, 1.165) is 12.8 Å². The van der Waals surface area contributed by atoms with Gasteiger partial charge in [0.1, 0.15) is 23.5 Å². The number of piperidine rings is 1. The molecule has 1 spiro atoms. The Hall–Kier alpha value is -4.52. The van der Waals surface area contributed by atoms with Gasteiger partial charge in [-0.2, -0.15) is 23.3 Å². The number of hydrogen-bond donors (Lipinski definition) is 2. The largest absolute Gasteiger partial charge is 0.480 e. The average Bonchev–Trinajstić information content (AvgIpc) is 3.62. The number of benzene rings is 2. The minimum absolute atomic E-state index is 0.129. The molecule has 0 amide bonds. The zero-order valence-electron chi connectivity index (χ0n) is 24.7. The monoisotopic (exact) mass is 624 g/mol. The summed E-state index contributed by atoms with van der Waals surface area (Å²) in [6.07, 6.45) is -3.69. The fourth-order valence-corrected chi connectivity index (χ4v) is 6.22. The summed E-state index contributed by atoms with van der Waals surface area (Å²) in [5.74, 6) is -0.866. The Morgan fingerprint density at radius 3 is 2.47 bits per heavy atom. The highest BCUT2D eigenvalue weighted by Crippen LogP contribution is 2.42. The van der Waals surface area contributed by atoms with Gasteiger partial charge in [-0.15, -0.1) is 0 Å². The fraction of sp³-hybridized carbons (Fsp3) is 0.375. The van der Waals surface area contributed by atoms with Gasteiger partial charge >= 0.3 is 12.1 Å². The molecule has 0 saturated carbocycles. The first-order chi connectivity index (χ1) is 21.4. The van der Waals surface area contributed by atoms with Gasteiger partial charge in [-0.05, 0) is 73.9 Å². The maximum atomic E-state index is 14.8. The van der Waals surface area contributed by atoms with Gasteiger partial charge in [0, 0.05) is 37.5 Å². The minimum Gasteiger partial charge on any atom is -0.480 e. The van der Waals surface area contributed by atoms with Crippen LogP contribution in [0.5, 0.6) is 5.88 Å². The smallest absolute Gasteiger partial charge is 0.429 e. The Morgan fingerprint density at radius 2 is 1.82 bits per heavy atom. The number of carboxylic acids is 1. The number of halogens is 4. The second-order valence-corrected chi connectivity index (χ2v) is 11.8. The van der Waals surface area contributed by atoms with Crippen LogP contribution in [0.15, 0.2) is 60.8 Å². The number of aryl methyl sites for hydroxylation is 2. The number of aliphatic carboxylic acids is 1. The van der Waals surface area contributed by atoms with Crippen molar-refractivity contribution in [3.63, 3.8) is 0 Å². The lowest BCUT2D eigenvalue weighted by Gasteiger charge is -2.39. The molecule has 4 aromatic rings. The molecule has 4 heterocycles. The Morgan fingerprint density at radius 1 is 1.07 bits per heavy atom. The van der Waals surface area contributed by atoms with E-state index in [9.17, 15) is 27.5 Å². The molecule has 2 aliphatic rings. The molecule has 9 nitrogen and oxygen atoms in total. The van der Waals surface area contributed by atoms with E-state index >= 15 is 0 Å². The van der Waals surface area contributed by atoms with E-state index in [4.69, 9.17) is 4.74 Å². The molecular formula is C32H32F4N6O3. The Bertz CT molecular complexity index is 1720. The third-order valence-corrected chi connectivity index (χ3v) is 8.58. The first-order valence-corrected chi connectivity index (χ1v) is 14.6. The highest BCUT2D eigenvalue weighted by atomic mass is 19.4. The summed E-state index contributed by atoms with van der Waals surface area (Å²) in [6, 6.07) is 12.7. The molecule has 0 radical (unpaired) electrons.